The number of benzene rings is 2. The topological polar surface area (TPSA) is 62.6 Å². The van der Waals surface area contributed by atoms with Crippen molar-refractivity contribution in [2.24, 2.45) is 11.8 Å². The lowest BCUT2D eigenvalue weighted by Crippen LogP contribution is -2.41. The lowest BCUT2D eigenvalue weighted by Gasteiger charge is -2.45. The zero-order valence-corrected chi connectivity index (χ0v) is 17.9. The van der Waals surface area contributed by atoms with Crippen LogP contribution in [0.5, 0.6) is 0 Å². The van der Waals surface area contributed by atoms with Gasteiger partial charge in [-0.05, 0) is 46.7 Å². The second kappa shape index (κ2) is 7.66. The van der Waals surface area contributed by atoms with Crippen LogP contribution >= 0.6 is 0 Å². The first-order chi connectivity index (χ1) is 15.7. The van der Waals surface area contributed by atoms with Crippen LogP contribution in [0.4, 0.5) is 0 Å². The molecule has 2 bridgehead atoms. The third kappa shape index (κ3) is 3.15. The zero-order chi connectivity index (χ0) is 21.7. The van der Waals surface area contributed by atoms with Gasteiger partial charge in [0, 0.05) is 31.3 Å². The van der Waals surface area contributed by atoms with E-state index in [9.17, 15) is 9.59 Å². The number of furan rings is 1. The molecule has 0 unspecified atom stereocenters. The van der Waals surface area contributed by atoms with Crippen molar-refractivity contribution in [2.45, 2.75) is 31.2 Å². The average Bonchev–Trinajstić information content (AvgIpc) is 3.48. The summed E-state index contributed by atoms with van der Waals surface area (Å²) >= 11 is 0. The highest BCUT2D eigenvalue weighted by Gasteiger charge is 2.43. The van der Waals surface area contributed by atoms with Gasteiger partial charge in [-0.2, -0.15) is 0 Å². The molecule has 2 amide bonds. The molecule has 4 aliphatic rings. The van der Waals surface area contributed by atoms with E-state index in [0.29, 0.717) is 37.4 Å². The zero-order valence-electron chi connectivity index (χ0n) is 17.9. The molecule has 2 aromatic carbocycles. The summed E-state index contributed by atoms with van der Waals surface area (Å²) in [4.78, 5) is 27.1. The minimum absolute atomic E-state index is 0.0108. The molecule has 1 fully saturated rings. The maximum atomic E-state index is 13.0. The van der Waals surface area contributed by atoms with Crippen molar-refractivity contribution < 1.29 is 14.0 Å². The van der Waals surface area contributed by atoms with Gasteiger partial charge >= 0.3 is 0 Å². The van der Waals surface area contributed by atoms with E-state index in [-0.39, 0.29) is 24.2 Å². The van der Waals surface area contributed by atoms with E-state index in [1.165, 1.54) is 22.3 Å². The summed E-state index contributed by atoms with van der Waals surface area (Å²) in [5.41, 5.74) is 5.69. The number of carbonyl (C=O) groups is 2. The maximum Gasteiger partial charge on any atom is 0.225 e. The number of hydrogen-bond donors (Lipinski definition) is 1. The molecular weight excluding hydrogens is 400 g/mol. The van der Waals surface area contributed by atoms with Crippen LogP contribution < -0.4 is 5.32 Å². The molecule has 1 aliphatic heterocycles. The third-order valence-electron chi connectivity index (χ3n) is 7.47. The van der Waals surface area contributed by atoms with Crippen molar-refractivity contribution in [1.29, 1.82) is 0 Å². The molecule has 0 spiro atoms. The number of fused-ring (bicyclic) bond motifs is 1. The van der Waals surface area contributed by atoms with E-state index in [0.717, 1.165) is 12.2 Å². The molecule has 0 radical (unpaired) electrons. The smallest absolute Gasteiger partial charge is 0.225 e. The monoisotopic (exact) mass is 426 g/mol. The first-order valence-corrected chi connectivity index (χ1v) is 11.4. The largest absolute Gasteiger partial charge is 0.467 e. The fourth-order valence-corrected chi connectivity index (χ4v) is 6.03. The minimum Gasteiger partial charge on any atom is -0.467 e. The quantitative estimate of drug-likeness (QED) is 0.670. The van der Waals surface area contributed by atoms with E-state index < -0.39 is 0 Å². The third-order valence-corrected chi connectivity index (χ3v) is 7.47. The Balaban J connectivity index is 1.15. The summed E-state index contributed by atoms with van der Waals surface area (Å²) in [6.45, 7) is 1.52. The molecule has 2 heterocycles. The van der Waals surface area contributed by atoms with E-state index in [1.807, 2.05) is 12.1 Å². The molecule has 162 valence electrons. The lowest BCUT2D eigenvalue weighted by molar-refractivity contribution is -0.129. The maximum absolute atomic E-state index is 13.0. The van der Waals surface area contributed by atoms with Gasteiger partial charge in [0.15, 0.2) is 0 Å². The van der Waals surface area contributed by atoms with E-state index in [2.05, 4.69) is 53.8 Å². The van der Waals surface area contributed by atoms with Gasteiger partial charge in [0.1, 0.15) is 5.76 Å². The second-order valence-corrected chi connectivity index (χ2v) is 9.28. The summed E-state index contributed by atoms with van der Waals surface area (Å²) in [6.07, 6.45) is 2.93. The van der Waals surface area contributed by atoms with Gasteiger partial charge in [-0.15, -0.1) is 0 Å². The van der Waals surface area contributed by atoms with E-state index >= 15 is 0 Å². The Kier molecular flexibility index (Phi) is 4.63. The number of likely N-dealkylation sites (tertiary alicyclic amines) is 1. The van der Waals surface area contributed by atoms with Crippen molar-refractivity contribution in [2.75, 3.05) is 13.1 Å². The van der Waals surface area contributed by atoms with Gasteiger partial charge in [-0.25, -0.2) is 0 Å². The van der Waals surface area contributed by atoms with Gasteiger partial charge in [-0.3, -0.25) is 9.59 Å². The van der Waals surface area contributed by atoms with Gasteiger partial charge in [0.05, 0.1) is 18.7 Å². The highest BCUT2D eigenvalue weighted by atomic mass is 16.3. The van der Waals surface area contributed by atoms with Crippen LogP contribution in [0.15, 0.2) is 71.3 Å². The summed E-state index contributed by atoms with van der Waals surface area (Å²) in [5, 5.41) is 3.20. The molecule has 32 heavy (non-hydrogen) atoms. The van der Waals surface area contributed by atoms with Crippen molar-refractivity contribution >= 4 is 11.8 Å². The van der Waals surface area contributed by atoms with Gasteiger partial charge in [0.25, 0.3) is 0 Å². The molecule has 1 saturated heterocycles. The van der Waals surface area contributed by atoms with Crippen molar-refractivity contribution in [1.82, 2.24) is 10.2 Å². The van der Waals surface area contributed by atoms with Crippen molar-refractivity contribution in [3.05, 3.63) is 94.9 Å². The first-order valence-electron chi connectivity index (χ1n) is 11.4. The van der Waals surface area contributed by atoms with Crippen LogP contribution in [0.1, 0.15) is 52.7 Å². The van der Waals surface area contributed by atoms with Crippen LogP contribution in [0.25, 0.3) is 0 Å². The first kappa shape index (κ1) is 19.4. The van der Waals surface area contributed by atoms with Gasteiger partial charge < -0.3 is 14.6 Å². The molecule has 5 nitrogen and oxygen atoms in total. The predicted molar refractivity (Wildman–Crippen MR) is 120 cm³/mol. The highest BCUT2D eigenvalue weighted by Crippen LogP contribution is 2.55. The Bertz CT molecular complexity index is 1120. The molecule has 1 N–H and O–H groups in total. The van der Waals surface area contributed by atoms with Crippen LogP contribution in [-0.4, -0.2) is 29.8 Å². The average molecular weight is 427 g/mol. The molecule has 3 aromatic rings. The molecule has 5 heteroatoms. The second-order valence-electron chi connectivity index (χ2n) is 9.28. The number of nitrogens with one attached hydrogen (secondary N) is 1. The van der Waals surface area contributed by atoms with Crippen LogP contribution in [0.3, 0.4) is 0 Å². The molecule has 3 aliphatic carbocycles. The summed E-state index contributed by atoms with van der Waals surface area (Å²) in [6, 6.07) is 21.2. The highest BCUT2D eigenvalue weighted by molar-refractivity contribution is 5.89. The van der Waals surface area contributed by atoms with Crippen LogP contribution in [0.2, 0.25) is 0 Å². The number of carbonyl (C=O) groups excluding carboxylic acids is 2. The number of rotatable bonds is 5. The molecule has 0 saturated carbocycles. The standard InChI is InChI=1S/C27H26N2O3/c30-25-13-18(15-29(25)16-19-6-5-11-32-19)27(31)28-14-17-12-24-20-7-1-3-9-22(20)26(17)23-10-4-2-8-21(23)24/h1-11,17-18,24,26H,12-16H2,(H,28,31)/t17-,18-,24?,26?/m1/s1. The number of amides is 2. The minimum atomic E-state index is -0.294. The van der Waals surface area contributed by atoms with Crippen LogP contribution in [-0.2, 0) is 16.1 Å². The number of hydrogen-bond acceptors (Lipinski definition) is 3. The Hall–Kier alpha value is -3.34. The molecule has 7 rings (SSSR count). The van der Waals surface area contributed by atoms with Gasteiger partial charge in [0.2, 0.25) is 11.8 Å². The Labute approximate surface area is 187 Å². The molecule has 2 atom stereocenters. The fraction of sp³-hybridized carbons (Fsp3) is 0.333. The number of nitrogens with zero attached hydrogens (tertiary/aromatic N) is 1. The fourth-order valence-electron chi connectivity index (χ4n) is 6.03. The summed E-state index contributed by atoms with van der Waals surface area (Å²) in [7, 11) is 0. The summed E-state index contributed by atoms with van der Waals surface area (Å²) in [5.74, 6) is 1.53. The van der Waals surface area contributed by atoms with E-state index in [1.54, 1.807) is 11.2 Å². The Morgan fingerprint density at radius 1 is 0.969 bits per heavy atom. The lowest BCUT2D eigenvalue weighted by atomic mass is 9.59. The van der Waals surface area contributed by atoms with Crippen LogP contribution in [0, 0.1) is 11.8 Å². The van der Waals surface area contributed by atoms with E-state index in [4.69, 9.17) is 4.42 Å². The Morgan fingerprint density at radius 2 is 1.66 bits per heavy atom. The van der Waals surface area contributed by atoms with Crippen molar-refractivity contribution in [3.63, 3.8) is 0 Å². The normalized spacial score (nSPS) is 25.5. The van der Waals surface area contributed by atoms with Gasteiger partial charge in [-0.1, -0.05) is 48.5 Å². The summed E-state index contributed by atoms with van der Waals surface area (Å²) < 4.78 is 5.36. The predicted octanol–water partition coefficient (Wildman–Crippen LogP) is 4.04. The van der Waals surface area contributed by atoms with Crippen molar-refractivity contribution in [3.8, 4) is 0 Å². The molecular formula is C27H26N2O3. The SMILES string of the molecule is O=C(NC[C@H]1CC2c3ccccc3C1c1ccccc12)[C@@H]1CC(=O)N(Cc2ccco2)C1. The molecule has 1 aromatic heterocycles. The Morgan fingerprint density at radius 3 is 2.31 bits per heavy atom.